The molecule has 1 fully saturated rings. The van der Waals surface area contributed by atoms with Gasteiger partial charge in [0.15, 0.2) is 0 Å². The number of carbonyl (C=O) groups excluding carboxylic acids is 2. The zero-order chi connectivity index (χ0) is 13.1. The second-order valence-electron chi connectivity index (χ2n) is 5.22. The SMILES string of the molecule is COC(=O)C1CCCC(NC(C)(C)C(N)=O)C1. The molecule has 1 rings (SSSR count). The zero-order valence-corrected chi connectivity index (χ0v) is 10.8. The largest absolute Gasteiger partial charge is 0.469 e. The van der Waals surface area contributed by atoms with Crippen LogP contribution in [0, 0.1) is 5.92 Å². The van der Waals surface area contributed by atoms with E-state index in [1.807, 2.05) is 0 Å². The summed E-state index contributed by atoms with van der Waals surface area (Å²) in [6.45, 7) is 3.52. The van der Waals surface area contributed by atoms with E-state index in [1.165, 1.54) is 7.11 Å². The van der Waals surface area contributed by atoms with Gasteiger partial charge in [-0.1, -0.05) is 6.42 Å². The summed E-state index contributed by atoms with van der Waals surface area (Å²) in [6.07, 6.45) is 3.50. The summed E-state index contributed by atoms with van der Waals surface area (Å²) in [5.41, 5.74) is 4.58. The van der Waals surface area contributed by atoms with E-state index in [1.54, 1.807) is 13.8 Å². The van der Waals surface area contributed by atoms with Crippen LogP contribution in [-0.4, -0.2) is 30.6 Å². The molecule has 0 aromatic carbocycles. The van der Waals surface area contributed by atoms with Gasteiger partial charge in [-0.25, -0.2) is 0 Å². The molecule has 3 N–H and O–H groups in total. The third-order valence-electron chi connectivity index (χ3n) is 3.39. The maximum absolute atomic E-state index is 11.5. The van der Waals surface area contributed by atoms with Crippen LogP contribution in [0.25, 0.3) is 0 Å². The fourth-order valence-corrected chi connectivity index (χ4v) is 2.28. The van der Waals surface area contributed by atoms with Crippen molar-refractivity contribution in [3.05, 3.63) is 0 Å². The van der Waals surface area contributed by atoms with Crippen LogP contribution in [0.4, 0.5) is 0 Å². The van der Waals surface area contributed by atoms with E-state index in [0.29, 0.717) is 6.42 Å². The molecule has 5 nitrogen and oxygen atoms in total. The molecule has 2 unspecified atom stereocenters. The van der Waals surface area contributed by atoms with Gasteiger partial charge >= 0.3 is 5.97 Å². The van der Waals surface area contributed by atoms with Crippen LogP contribution in [0.15, 0.2) is 0 Å². The van der Waals surface area contributed by atoms with E-state index in [4.69, 9.17) is 10.5 Å². The minimum atomic E-state index is -0.733. The van der Waals surface area contributed by atoms with Crippen LogP contribution in [0.5, 0.6) is 0 Å². The van der Waals surface area contributed by atoms with Crippen LogP contribution < -0.4 is 11.1 Å². The number of nitrogens with two attached hydrogens (primary N) is 1. The molecule has 98 valence electrons. The monoisotopic (exact) mass is 242 g/mol. The molecule has 2 atom stereocenters. The maximum atomic E-state index is 11.5. The van der Waals surface area contributed by atoms with Gasteiger partial charge in [0.05, 0.1) is 18.6 Å². The molecule has 0 heterocycles. The van der Waals surface area contributed by atoms with Crippen molar-refractivity contribution < 1.29 is 14.3 Å². The highest BCUT2D eigenvalue weighted by Gasteiger charge is 2.33. The molecule has 5 heteroatoms. The molecule has 17 heavy (non-hydrogen) atoms. The molecule has 0 bridgehead atoms. The van der Waals surface area contributed by atoms with Crippen molar-refractivity contribution in [3.8, 4) is 0 Å². The zero-order valence-electron chi connectivity index (χ0n) is 10.8. The number of hydrogen-bond acceptors (Lipinski definition) is 4. The minimum Gasteiger partial charge on any atom is -0.469 e. The van der Waals surface area contributed by atoms with Crippen LogP contribution in [0.3, 0.4) is 0 Å². The lowest BCUT2D eigenvalue weighted by Crippen LogP contribution is -2.55. The van der Waals surface area contributed by atoms with E-state index < -0.39 is 5.54 Å². The van der Waals surface area contributed by atoms with Crippen LogP contribution in [-0.2, 0) is 14.3 Å². The van der Waals surface area contributed by atoms with Crippen LogP contribution in [0.2, 0.25) is 0 Å². The van der Waals surface area contributed by atoms with Crippen molar-refractivity contribution in [3.63, 3.8) is 0 Å². The van der Waals surface area contributed by atoms with Gasteiger partial charge in [0.25, 0.3) is 0 Å². The first-order valence-electron chi connectivity index (χ1n) is 6.02. The summed E-state index contributed by atoms with van der Waals surface area (Å²) >= 11 is 0. The third-order valence-corrected chi connectivity index (χ3v) is 3.39. The normalized spacial score (nSPS) is 25.4. The fourth-order valence-electron chi connectivity index (χ4n) is 2.28. The van der Waals surface area contributed by atoms with E-state index in [0.717, 1.165) is 19.3 Å². The smallest absolute Gasteiger partial charge is 0.308 e. The van der Waals surface area contributed by atoms with E-state index in [-0.39, 0.29) is 23.8 Å². The lowest BCUT2D eigenvalue weighted by molar-refractivity contribution is -0.146. The highest BCUT2D eigenvalue weighted by Crippen LogP contribution is 2.26. The van der Waals surface area contributed by atoms with Gasteiger partial charge < -0.3 is 15.8 Å². The Balaban J connectivity index is 2.56. The summed E-state index contributed by atoms with van der Waals surface area (Å²) < 4.78 is 4.76. The van der Waals surface area contributed by atoms with Gasteiger partial charge in [-0.05, 0) is 33.1 Å². The average Bonchev–Trinajstić information content (AvgIpc) is 2.27. The van der Waals surface area contributed by atoms with Gasteiger partial charge in [-0.2, -0.15) is 0 Å². The molecule has 1 amide bonds. The number of carbonyl (C=O) groups is 2. The second kappa shape index (κ2) is 5.49. The van der Waals surface area contributed by atoms with Crippen LogP contribution in [0.1, 0.15) is 39.5 Å². The van der Waals surface area contributed by atoms with Gasteiger partial charge in [0, 0.05) is 6.04 Å². The summed E-state index contributed by atoms with van der Waals surface area (Å²) in [7, 11) is 1.41. The molecule has 0 aromatic heterocycles. The summed E-state index contributed by atoms with van der Waals surface area (Å²) in [4.78, 5) is 22.7. The topological polar surface area (TPSA) is 81.4 Å². The van der Waals surface area contributed by atoms with Crippen molar-refractivity contribution in [1.29, 1.82) is 0 Å². The van der Waals surface area contributed by atoms with Crippen molar-refractivity contribution in [1.82, 2.24) is 5.32 Å². The Kier molecular flexibility index (Phi) is 4.51. The molecule has 0 saturated heterocycles. The number of primary amides is 1. The van der Waals surface area contributed by atoms with E-state index in [2.05, 4.69) is 5.32 Å². The highest BCUT2D eigenvalue weighted by atomic mass is 16.5. The fraction of sp³-hybridized carbons (Fsp3) is 0.833. The van der Waals surface area contributed by atoms with Gasteiger partial charge in [0.2, 0.25) is 5.91 Å². The minimum absolute atomic E-state index is 0.0603. The number of ether oxygens (including phenoxy) is 1. The quantitative estimate of drug-likeness (QED) is 0.706. The standard InChI is InChI=1S/C12H22N2O3/c1-12(2,11(13)16)14-9-6-4-5-8(7-9)10(15)17-3/h8-9,14H,4-7H2,1-3H3,(H2,13,16). The Morgan fingerprint density at radius 3 is 2.53 bits per heavy atom. The number of hydrogen-bond donors (Lipinski definition) is 2. The van der Waals surface area contributed by atoms with E-state index in [9.17, 15) is 9.59 Å². The molecular formula is C12H22N2O3. The number of nitrogens with one attached hydrogen (secondary N) is 1. The van der Waals surface area contributed by atoms with Crippen molar-refractivity contribution in [2.75, 3.05) is 7.11 Å². The predicted octanol–water partition coefficient (Wildman–Crippen LogP) is 0.572. The summed E-state index contributed by atoms with van der Waals surface area (Å²) in [5.74, 6) is -0.596. The molecule has 0 aromatic rings. The van der Waals surface area contributed by atoms with Gasteiger partial charge in [-0.3, -0.25) is 9.59 Å². The molecule has 1 aliphatic carbocycles. The first-order chi connectivity index (χ1) is 7.86. The maximum Gasteiger partial charge on any atom is 0.308 e. The van der Waals surface area contributed by atoms with Crippen molar-refractivity contribution >= 4 is 11.9 Å². The first-order valence-corrected chi connectivity index (χ1v) is 6.02. The summed E-state index contributed by atoms with van der Waals surface area (Å²) in [6, 6.07) is 0.148. The Hall–Kier alpha value is -1.10. The highest BCUT2D eigenvalue weighted by molar-refractivity contribution is 5.83. The molecule has 0 aliphatic heterocycles. The molecular weight excluding hydrogens is 220 g/mol. The predicted molar refractivity (Wildman–Crippen MR) is 64.2 cm³/mol. The van der Waals surface area contributed by atoms with Crippen LogP contribution >= 0.6 is 0 Å². The van der Waals surface area contributed by atoms with Crippen molar-refractivity contribution in [2.45, 2.75) is 51.1 Å². The Labute approximate surface area is 102 Å². The van der Waals surface area contributed by atoms with Crippen molar-refractivity contribution in [2.24, 2.45) is 11.7 Å². The summed E-state index contributed by atoms with van der Waals surface area (Å²) in [5, 5.41) is 3.22. The lowest BCUT2D eigenvalue weighted by atomic mass is 9.84. The van der Waals surface area contributed by atoms with Gasteiger partial charge in [0.1, 0.15) is 0 Å². The number of esters is 1. The second-order valence-corrected chi connectivity index (χ2v) is 5.22. The number of methoxy groups -OCH3 is 1. The average molecular weight is 242 g/mol. The Morgan fingerprint density at radius 1 is 1.35 bits per heavy atom. The third kappa shape index (κ3) is 3.70. The number of rotatable bonds is 4. The lowest BCUT2D eigenvalue weighted by Gasteiger charge is -2.34. The van der Waals surface area contributed by atoms with Gasteiger partial charge in [-0.15, -0.1) is 0 Å². The number of amides is 1. The van der Waals surface area contributed by atoms with E-state index >= 15 is 0 Å². The molecule has 1 saturated carbocycles. The first kappa shape index (κ1) is 14.0. The Morgan fingerprint density at radius 2 is 2.00 bits per heavy atom. The molecule has 1 aliphatic rings. The Bertz CT molecular complexity index is 302. The molecule has 0 radical (unpaired) electrons. The molecule has 0 spiro atoms.